The summed E-state index contributed by atoms with van der Waals surface area (Å²) in [5.74, 6) is -0.108. The Morgan fingerprint density at radius 2 is 1.89 bits per heavy atom. The van der Waals surface area contributed by atoms with Crippen LogP contribution in [0.1, 0.15) is 24.0 Å². The summed E-state index contributed by atoms with van der Waals surface area (Å²) in [4.78, 5) is 39.4. The number of H-pyrrole nitrogens is 1. The summed E-state index contributed by atoms with van der Waals surface area (Å²) in [5.41, 5.74) is 1.88. The van der Waals surface area contributed by atoms with Crippen LogP contribution in [0.15, 0.2) is 56.5 Å². The van der Waals surface area contributed by atoms with E-state index < -0.39 is 5.69 Å². The van der Waals surface area contributed by atoms with Crippen LogP contribution >= 0.6 is 15.9 Å². The molecule has 0 atom stereocenters. The number of aromatic amines is 1. The lowest BCUT2D eigenvalue weighted by Gasteiger charge is -2.08. The van der Waals surface area contributed by atoms with Crippen LogP contribution in [0, 0.1) is 6.92 Å². The normalized spacial score (nSPS) is 10.9. The highest BCUT2D eigenvalue weighted by Gasteiger charge is 2.09. The van der Waals surface area contributed by atoms with Crippen molar-refractivity contribution in [2.45, 2.75) is 32.9 Å². The summed E-state index contributed by atoms with van der Waals surface area (Å²) in [6, 6.07) is 13.1. The number of carbonyl (C=O) groups excluding carboxylic acids is 1. The summed E-state index contributed by atoms with van der Waals surface area (Å²) in [7, 11) is 0. The fourth-order valence-electron chi connectivity index (χ4n) is 2.82. The minimum atomic E-state index is -0.463. The highest BCUT2D eigenvalue weighted by atomic mass is 79.9. The van der Waals surface area contributed by atoms with E-state index >= 15 is 0 Å². The van der Waals surface area contributed by atoms with Crippen LogP contribution < -0.4 is 16.6 Å². The first-order chi connectivity index (χ1) is 12.9. The van der Waals surface area contributed by atoms with Gasteiger partial charge in [0.2, 0.25) is 5.91 Å². The first kappa shape index (κ1) is 19.1. The van der Waals surface area contributed by atoms with Crippen molar-refractivity contribution in [2.24, 2.45) is 0 Å². The predicted octanol–water partition coefficient (Wildman–Crippen LogP) is 2.86. The number of hydrogen-bond donors (Lipinski definition) is 2. The molecule has 6 nitrogen and oxygen atoms in total. The van der Waals surface area contributed by atoms with Crippen LogP contribution in [0.25, 0.3) is 10.9 Å². The Balaban J connectivity index is 1.60. The van der Waals surface area contributed by atoms with Gasteiger partial charge in [0.25, 0.3) is 5.56 Å². The van der Waals surface area contributed by atoms with Gasteiger partial charge in [-0.25, -0.2) is 4.79 Å². The molecule has 1 aromatic heterocycles. The van der Waals surface area contributed by atoms with E-state index in [-0.39, 0.29) is 24.4 Å². The van der Waals surface area contributed by atoms with E-state index in [0.29, 0.717) is 23.9 Å². The minimum Gasteiger partial charge on any atom is -0.352 e. The fraction of sp³-hybridized carbons (Fsp3) is 0.250. The molecule has 27 heavy (non-hydrogen) atoms. The number of amides is 1. The quantitative estimate of drug-likeness (QED) is 0.631. The van der Waals surface area contributed by atoms with Crippen molar-refractivity contribution in [1.82, 2.24) is 14.9 Å². The van der Waals surface area contributed by atoms with Gasteiger partial charge in [-0.15, -0.1) is 0 Å². The molecule has 140 valence electrons. The maximum Gasteiger partial charge on any atom is 0.328 e. The molecule has 3 rings (SSSR count). The molecule has 7 heteroatoms. The van der Waals surface area contributed by atoms with E-state index in [2.05, 4.69) is 26.2 Å². The van der Waals surface area contributed by atoms with Crippen molar-refractivity contribution in [3.63, 3.8) is 0 Å². The molecule has 3 aromatic rings. The molecule has 0 aliphatic rings. The topological polar surface area (TPSA) is 84.0 Å². The van der Waals surface area contributed by atoms with Crippen LogP contribution in [0.4, 0.5) is 0 Å². The lowest BCUT2D eigenvalue weighted by molar-refractivity contribution is -0.121. The van der Waals surface area contributed by atoms with Gasteiger partial charge in [-0.2, -0.15) is 0 Å². The maximum absolute atomic E-state index is 12.5. The van der Waals surface area contributed by atoms with Crippen molar-refractivity contribution in [3.05, 3.63) is 78.9 Å². The number of carbonyl (C=O) groups is 1. The number of nitrogens with one attached hydrogen (secondary N) is 2. The number of benzene rings is 2. The minimum absolute atomic E-state index is 0.108. The van der Waals surface area contributed by atoms with Crippen molar-refractivity contribution >= 4 is 32.7 Å². The van der Waals surface area contributed by atoms with Crippen LogP contribution in [0.5, 0.6) is 0 Å². The van der Waals surface area contributed by atoms with Gasteiger partial charge in [-0.05, 0) is 37.1 Å². The number of aromatic nitrogens is 2. The summed E-state index contributed by atoms with van der Waals surface area (Å²) in [6.45, 7) is 2.66. The number of nitrogens with zero attached hydrogens (tertiary/aromatic N) is 1. The Morgan fingerprint density at radius 3 is 2.63 bits per heavy atom. The van der Waals surface area contributed by atoms with E-state index in [9.17, 15) is 14.4 Å². The SMILES string of the molecule is Cc1ccc(CNC(=O)CCCn2c(=O)[nH]c3ccc(Br)cc3c2=O)cc1. The molecule has 0 fully saturated rings. The molecule has 0 unspecified atom stereocenters. The standard InChI is InChI=1S/C20H20BrN3O3/c1-13-4-6-14(7-5-13)12-22-18(25)3-2-10-24-19(26)16-11-15(21)8-9-17(16)23-20(24)27/h4-9,11H,2-3,10,12H2,1H3,(H,22,25)(H,23,27). The smallest absolute Gasteiger partial charge is 0.328 e. The third kappa shape index (κ3) is 4.74. The second kappa shape index (κ2) is 8.35. The van der Waals surface area contributed by atoms with Crippen LogP contribution in [0.3, 0.4) is 0 Å². The van der Waals surface area contributed by atoms with Crippen LogP contribution in [0.2, 0.25) is 0 Å². The molecular weight excluding hydrogens is 410 g/mol. The highest BCUT2D eigenvalue weighted by molar-refractivity contribution is 9.10. The Morgan fingerprint density at radius 1 is 1.15 bits per heavy atom. The largest absolute Gasteiger partial charge is 0.352 e. The number of hydrogen-bond acceptors (Lipinski definition) is 3. The Hall–Kier alpha value is -2.67. The van der Waals surface area contributed by atoms with Gasteiger partial charge in [0.05, 0.1) is 10.9 Å². The van der Waals surface area contributed by atoms with Gasteiger partial charge in [0.15, 0.2) is 0 Å². The van der Waals surface area contributed by atoms with Gasteiger partial charge >= 0.3 is 5.69 Å². The average molecular weight is 430 g/mol. The van der Waals surface area contributed by atoms with E-state index in [0.717, 1.165) is 14.6 Å². The number of halogens is 1. The molecule has 0 saturated carbocycles. The Kier molecular flexibility index (Phi) is 5.91. The van der Waals surface area contributed by atoms with Crippen LogP contribution in [-0.2, 0) is 17.9 Å². The lowest BCUT2D eigenvalue weighted by atomic mass is 10.1. The molecule has 1 amide bonds. The molecule has 2 N–H and O–H groups in total. The van der Waals surface area contributed by atoms with Gasteiger partial charge in [-0.3, -0.25) is 14.2 Å². The van der Waals surface area contributed by atoms with E-state index in [1.807, 2.05) is 31.2 Å². The molecule has 1 heterocycles. The van der Waals surface area contributed by atoms with Gasteiger partial charge in [0.1, 0.15) is 0 Å². The van der Waals surface area contributed by atoms with E-state index in [4.69, 9.17) is 0 Å². The molecule has 2 aromatic carbocycles. The first-order valence-electron chi connectivity index (χ1n) is 8.68. The van der Waals surface area contributed by atoms with Crippen molar-refractivity contribution in [2.75, 3.05) is 0 Å². The second-order valence-corrected chi connectivity index (χ2v) is 7.36. The van der Waals surface area contributed by atoms with Crippen LogP contribution in [-0.4, -0.2) is 15.5 Å². The monoisotopic (exact) mass is 429 g/mol. The summed E-state index contributed by atoms with van der Waals surface area (Å²) < 4.78 is 1.91. The zero-order chi connectivity index (χ0) is 19.4. The maximum atomic E-state index is 12.5. The molecular formula is C20H20BrN3O3. The van der Waals surface area contributed by atoms with Gasteiger partial charge in [-0.1, -0.05) is 45.8 Å². The zero-order valence-electron chi connectivity index (χ0n) is 14.9. The van der Waals surface area contributed by atoms with E-state index in [1.54, 1.807) is 18.2 Å². The zero-order valence-corrected chi connectivity index (χ0v) is 16.5. The number of rotatable bonds is 6. The lowest BCUT2D eigenvalue weighted by Crippen LogP contribution is -2.35. The van der Waals surface area contributed by atoms with Gasteiger partial charge in [0, 0.05) is 24.0 Å². The molecule has 0 aliphatic heterocycles. The Bertz CT molecular complexity index is 1080. The molecule has 0 bridgehead atoms. The molecule has 0 aliphatic carbocycles. The third-order valence-electron chi connectivity index (χ3n) is 4.34. The summed E-state index contributed by atoms with van der Waals surface area (Å²) >= 11 is 3.33. The predicted molar refractivity (Wildman–Crippen MR) is 109 cm³/mol. The van der Waals surface area contributed by atoms with Gasteiger partial charge < -0.3 is 10.3 Å². The average Bonchev–Trinajstić information content (AvgIpc) is 2.64. The molecule has 0 spiro atoms. The Labute approximate surface area is 164 Å². The second-order valence-electron chi connectivity index (χ2n) is 6.44. The third-order valence-corrected chi connectivity index (χ3v) is 4.83. The molecule has 0 saturated heterocycles. The number of fused-ring (bicyclic) bond motifs is 1. The first-order valence-corrected chi connectivity index (χ1v) is 9.48. The summed E-state index contributed by atoms with van der Waals surface area (Å²) in [5, 5.41) is 3.29. The van der Waals surface area contributed by atoms with Crippen molar-refractivity contribution in [1.29, 1.82) is 0 Å². The fourth-order valence-corrected chi connectivity index (χ4v) is 3.18. The van der Waals surface area contributed by atoms with E-state index in [1.165, 1.54) is 5.56 Å². The van der Waals surface area contributed by atoms with Crippen molar-refractivity contribution in [3.8, 4) is 0 Å². The number of aryl methyl sites for hydroxylation is 1. The molecule has 0 radical (unpaired) electrons. The highest BCUT2D eigenvalue weighted by Crippen LogP contribution is 2.14. The summed E-state index contributed by atoms with van der Waals surface area (Å²) in [6.07, 6.45) is 0.649. The van der Waals surface area contributed by atoms with Crippen molar-refractivity contribution < 1.29 is 4.79 Å².